The summed E-state index contributed by atoms with van der Waals surface area (Å²) in [7, 11) is 0. The fourth-order valence-electron chi connectivity index (χ4n) is 1.46. The Balaban J connectivity index is 3.13. The third-order valence-electron chi connectivity index (χ3n) is 2.03. The Bertz CT molecular complexity index is 294. The summed E-state index contributed by atoms with van der Waals surface area (Å²) in [5.74, 6) is 0. The maximum absolute atomic E-state index is 5.65. The van der Waals surface area contributed by atoms with Gasteiger partial charge in [-0.1, -0.05) is 0 Å². The van der Waals surface area contributed by atoms with Gasteiger partial charge in [-0.3, -0.25) is 4.98 Å². The fraction of sp³-hybridized carbons (Fsp3) is 0.500. The van der Waals surface area contributed by atoms with Gasteiger partial charge < -0.3 is 11.1 Å². The lowest BCUT2D eigenvalue weighted by Gasteiger charge is -2.12. The van der Waals surface area contributed by atoms with E-state index in [1.807, 2.05) is 19.9 Å². The lowest BCUT2D eigenvalue weighted by molar-refractivity contribution is 0.984. The first-order valence-electron chi connectivity index (χ1n) is 4.60. The minimum Gasteiger partial charge on any atom is -0.385 e. The first-order chi connectivity index (χ1) is 6.19. The molecule has 0 atom stereocenters. The summed E-state index contributed by atoms with van der Waals surface area (Å²) in [6.45, 7) is 7.52. The van der Waals surface area contributed by atoms with E-state index in [0.29, 0.717) is 6.54 Å². The van der Waals surface area contributed by atoms with E-state index in [0.717, 1.165) is 29.2 Å². The summed E-state index contributed by atoms with van der Waals surface area (Å²) >= 11 is 0. The standard InChI is InChI=1S/C10H17N3/c1-4-12-10-5-7(2)13-8(3)9(10)6-11/h5H,4,6,11H2,1-3H3,(H,12,13). The van der Waals surface area contributed by atoms with Crippen molar-refractivity contribution >= 4 is 5.69 Å². The van der Waals surface area contributed by atoms with Gasteiger partial charge in [-0.25, -0.2) is 0 Å². The Hall–Kier alpha value is -1.09. The van der Waals surface area contributed by atoms with Crippen molar-refractivity contribution in [2.45, 2.75) is 27.3 Å². The van der Waals surface area contributed by atoms with E-state index < -0.39 is 0 Å². The van der Waals surface area contributed by atoms with E-state index in [4.69, 9.17) is 5.73 Å². The van der Waals surface area contributed by atoms with Gasteiger partial charge in [0.1, 0.15) is 0 Å². The van der Waals surface area contributed by atoms with Crippen LogP contribution in [0.3, 0.4) is 0 Å². The molecule has 1 aromatic rings. The summed E-state index contributed by atoms with van der Waals surface area (Å²) in [4.78, 5) is 4.37. The zero-order valence-corrected chi connectivity index (χ0v) is 8.52. The van der Waals surface area contributed by atoms with Crippen LogP contribution in [0.15, 0.2) is 6.07 Å². The highest BCUT2D eigenvalue weighted by molar-refractivity contribution is 5.53. The van der Waals surface area contributed by atoms with Gasteiger partial charge in [-0.2, -0.15) is 0 Å². The molecule has 0 amide bonds. The first kappa shape index (κ1) is 9.99. The van der Waals surface area contributed by atoms with Crippen molar-refractivity contribution in [2.75, 3.05) is 11.9 Å². The van der Waals surface area contributed by atoms with Crippen LogP contribution in [0.25, 0.3) is 0 Å². The van der Waals surface area contributed by atoms with Crippen LogP contribution < -0.4 is 11.1 Å². The van der Waals surface area contributed by atoms with Crippen molar-refractivity contribution in [1.82, 2.24) is 4.98 Å². The monoisotopic (exact) mass is 179 g/mol. The predicted molar refractivity (Wildman–Crippen MR) is 55.8 cm³/mol. The van der Waals surface area contributed by atoms with Gasteiger partial charge in [0.05, 0.1) is 0 Å². The maximum Gasteiger partial charge on any atom is 0.0441 e. The van der Waals surface area contributed by atoms with Crippen LogP contribution in [0.1, 0.15) is 23.9 Å². The number of aromatic nitrogens is 1. The smallest absolute Gasteiger partial charge is 0.0441 e. The number of hydrogen-bond donors (Lipinski definition) is 2. The number of rotatable bonds is 3. The molecule has 0 aliphatic heterocycles. The molecule has 0 fully saturated rings. The van der Waals surface area contributed by atoms with Crippen LogP contribution in [0.5, 0.6) is 0 Å². The number of anilines is 1. The van der Waals surface area contributed by atoms with Gasteiger partial charge in [-0.15, -0.1) is 0 Å². The van der Waals surface area contributed by atoms with Gasteiger partial charge >= 0.3 is 0 Å². The Morgan fingerprint density at radius 3 is 2.69 bits per heavy atom. The molecule has 3 N–H and O–H groups in total. The second-order valence-electron chi connectivity index (χ2n) is 3.11. The van der Waals surface area contributed by atoms with Crippen molar-refractivity contribution < 1.29 is 0 Å². The Kier molecular flexibility index (Phi) is 3.25. The molecular weight excluding hydrogens is 162 g/mol. The van der Waals surface area contributed by atoms with E-state index in [-0.39, 0.29) is 0 Å². The third-order valence-corrected chi connectivity index (χ3v) is 2.03. The summed E-state index contributed by atoms with van der Waals surface area (Å²) in [5, 5.41) is 3.29. The number of nitrogens with two attached hydrogens (primary N) is 1. The molecule has 1 rings (SSSR count). The average Bonchev–Trinajstić information content (AvgIpc) is 2.04. The zero-order valence-electron chi connectivity index (χ0n) is 8.52. The summed E-state index contributed by atoms with van der Waals surface area (Å²) in [6.07, 6.45) is 0. The molecule has 3 heteroatoms. The van der Waals surface area contributed by atoms with Gasteiger partial charge in [-0.05, 0) is 26.8 Å². The Labute approximate surface area is 79.4 Å². The number of hydrogen-bond acceptors (Lipinski definition) is 3. The van der Waals surface area contributed by atoms with Crippen LogP contribution in [0, 0.1) is 13.8 Å². The summed E-state index contributed by atoms with van der Waals surface area (Å²) < 4.78 is 0. The highest BCUT2D eigenvalue weighted by Crippen LogP contribution is 2.18. The van der Waals surface area contributed by atoms with Crippen LogP contribution in [0.2, 0.25) is 0 Å². The Morgan fingerprint density at radius 1 is 1.46 bits per heavy atom. The fourth-order valence-corrected chi connectivity index (χ4v) is 1.46. The van der Waals surface area contributed by atoms with Crippen molar-refractivity contribution in [2.24, 2.45) is 5.73 Å². The number of nitrogens with zero attached hydrogens (tertiary/aromatic N) is 1. The minimum atomic E-state index is 0.543. The van der Waals surface area contributed by atoms with E-state index in [1.54, 1.807) is 0 Å². The molecule has 0 spiro atoms. The molecule has 0 aliphatic rings. The molecule has 72 valence electrons. The van der Waals surface area contributed by atoms with Crippen LogP contribution in [-0.2, 0) is 6.54 Å². The SMILES string of the molecule is CCNc1cc(C)nc(C)c1CN. The van der Waals surface area contributed by atoms with Crippen LogP contribution in [0.4, 0.5) is 5.69 Å². The molecule has 0 bridgehead atoms. The molecular formula is C10H17N3. The molecule has 0 radical (unpaired) electrons. The third kappa shape index (κ3) is 2.18. The lowest BCUT2D eigenvalue weighted by Crippen LogP contribution is -2.08. The lowest BCUT2D eigenvalue weighted by atomic mass is 10.1. The average molecular weight is 179 g/mol. The van der Waals surface area contributed by atoms with Gasteiger partial charge in [0.2, 0.25) is 0 Å². The van der Waals surface area contributed by atoms with Crippen LogP contribution in [-0.4, -0.2) is 11.5 Å². The minimum absolute atomic E-state index is 0.543. The summed E-state index contributed by atoms with van der Waals surface area (Å²) in [5.41, 5.74) is 9.95. The van der Waals surface area contributed by atoms with Crippen molar-refractivity contribution in [1.29, 1.82) is 0 Å². The van der Waals surface area contributed by atoms with Crippen molar-refractivity contribution in [3.63, 3.8) is 0 Å². The van der Waals surface area contributed by atoms with Crippen molar-refractivity contribution in [3.05, 3.63) is 23.0 Å². The molecule has 3 nitrogen and oxygen atoms in total. The quantitative estimate of drug-likeness (QED) is 0.740. The highest BCUT2D eigenvalue weighted by Gasteiger charge is 2.05. The van der Waals surface area contributed by atoms with Gasteiger partial charge in [0.25, 0.3) is 0 Å². The van der Waals surface area contributed by atoms with Crippen LogP contribution >= 0.6 is 0 Å². The normalized spacial score (nSPS) is 10.2. The topological polar surface area (TPSA) is 50.9 Å². The molecule has 1 aromatic heterocycles. The molecule has 0 unspecified atom stereocenters. The van der Waals surface area contributed by atoms with E-state index in [9.17, 15) is 0 Å². The molecule has 0 aliphatic carbocycles. The summed E-state index contributed by atoms with van der Waals surface area (Å²) in [6, 6.07) is 2.04. The number of pyridine rings is 1. The molecule has 0 saturated carbocycles. The number of nitrogens with one attached hydrogen (secondary N) is 1. The first-order valence-corrected chi connectivity index (χ1v) is 4.60. The second kappa shape index (κ2) is 4.23. The highest BCUT2D eigenvalue weighted by atomic mass is 14.9. The van der Waals surface area contributed by atoms with E-state index in [2.05, 4.69) is 17.2 Å². The van der Waals surface area contributed by atoms with E-state index in [1.165, 1.54) is 0 Å². The van der Waals surface area contributed by atoms with Crippen molar-refractivity contribution in [3.8, 4) is 0 Å². The predicted octanol–water partition coefficient (Wildman–Crippen LogP) is 1.59. The zero-order chi connectivity index (χ0) is 9.84. The molecule has 0 saturated heterocycles. The number of aryl methyl sites for hydroxylation is 2. The van der Waals surface area contributed by atoms with E-state index >= 15 is 0 Å². The van der Waals surface area contributed by atoms with Gasteiger partial charge in [0.15, 0.2) is 0 Å². The molecule has 13 heavy (non-hydrogen) atoms. The largest absolute Gasteiger partial charge is 0.385 e. The Morgan fingerprint density at radius 2 is 2.15 bits per heavy atom. The van der Waals surface area contributed by atoms with Gasteiger partial charge in [0, 0.05) is 35.7 Å². The maximum atomic E-state index is 5.65. The second-order valence-corrected chi connectivity index (χ2v) is 3.11. The molecule has 0 aromatic carbocycles. The molecule has 1 heterocycles.